The molecule has 1 fully saturated rings. The van der Waals surface area contributed by atoms with Gasteiger partial charge in [-0.2, -0.15) is 0 Å². The number of esters is 2. The third-order valence-electron chi connectivity index (χ3n) is 3.92. The fraction of sp³-hybridized carbons (Fsp3) is 0.474. The van der Waals surface area contributed by atoms with Crippen LogP contribution in [0.3, 0.4) is 0 Å². The SMILES string of the molecule is CCOC(=O)C(N=C(NC(=S)N1CCOCC1)c1ccc(Cl)cc1)C(=O)OCC. The van der Waals surface area contributed by atoms with Crippen molar-refractivity contribution in [3.8, 4) is 0 Å². The number of carbonyl (C=O) groups excluding carboxylic acids is 2. The Morgan fingerprint density at radius 3 is 2.24 bits per heavy atom. The number of carbonyl (C=O) groups is 2. The molecule has 0 aromatic heterocycles. The van der Waals surface area contributed by atoms with Gasteiger partial charge in [-0.05, 0) is 50.3 Å². The van der Waals surface area contributed by atoms with Gasteiger partial charge >= 0.3 is 11.9 Å². The first-order chi connectivity index (χ1) is 14.0. The van der Waals surface area contributed by atoms with E-state index in [1.165, 1.54) is 0 Å². The van der Waals surface area contributed by atoms with E-state index in [4.69, 9.17) is 38.0 Å². The lowest BCUT2D eigenvalue weighted by molar-refractivity contribution is -0.156. The molecule has 0 unspecified atom stereocenters. The molecule has 0 saturated carbocycles. The van der Waals surface area contributed by atoms with E-state index in [0.29, 0.717) is 42.0 Å². The van der Waals surface area contributed by atoms with E-state index < -0.39 is 18.0 Å². The number of halogens is 1. The first-order valence-electron chi connectivity index (χ1n) is 9.27. The van der Waals surface area contributed by atoms with Crippen LogP contribution in [0.5, 0.6) is 0 Å². The van der Waals surface area contributed by atoms with Crippen molar-refractivity contribution in [3.05, 3.63) is 34.9 Å². The highest BCUT2D eigenvalue weighted by Crippen LogP contribution is 2.12. The molecule has 158 valence electrons. The lowest BCUT2D eigenvalue weighted by atomic mass is 10.2. The van der Waals surface area contributed by atoms with Crippen molar-refractivity contribution in [1.82, 2.24) is 10.2 Å². The van der Waals surface area contributed by atoms with E-state index in [0.717, 1.165) is 0 Å². The van der Waals surface area contributed by atoms with E-state index >= 15 is 0 Å². The Bertz CT molecular complexity index is 733. The molecule has 10 heteroatoms. The van der Waals surface area contributed by atoms with E-state index in [1.807, 2.05) is 4.90 Å². The molecule has 0 aliphatic carbocycles. The Morgan fingerprint density at radius 2 is 1.72 bits per heavy atom. The fourth-order valence-corrected chi connectivity index (χ4v) is 2.91. The van der Waals surface area contributed by atoms with Crippen molar-refractivity contribution >= 4 is 46.7 Å². The summed E-state index contributed by atoms with van der Waals surface area (Å²) in [6, 6.07) is 5.30. The highest BCUT2D eigenvalue weighted by Gasteiger charge is 2.30. The van der Waals surface area contributed by atoms with Gasteiger partial charge in [0.25, 0.3) is 0 Å². The number of thiocarbonyl (C=S) groups is 1. The number of nitrogens with one attached hydrogen (secondary N) is 1. The average molecular weight is 442 g/mol. The Kier molecular flexibility index (Phi) is 9.30. The van der Waals surface area contributed by atoms with E-state index in [9.17, 15) is 9.59 Å². The molecule has 1 saturated heterocycles. The molecular formula is C19H24ClN3O5S. The smallest absolute Gasteiger partial charge is 0.342 e. The highest BCUT2D eigenvalue weighted by molar-refractivity contribution is 7.80. The molecule has 0 radical (unpaired) electrons. The van der Waals surface area contributed by atoms with Gasteiger partial charge in [0.1, 0.15) is 5.84 Å². The topological polar surface area (TPSA) is 89.5 Å². The van der Waals surface area contributed by atoms with Gasteiger partial charge in [0.2, 0.25) is 6.04 Å². The molecule has 1 aromatic rings. The minimum Gasteiger partial charge on any atom is -0.464 e. The molecule has 8 nitrogen and oxygen atoms in total. The van der Waals surface area contributed by atoms with Gasteiger partial charge in [-0.1, -0.05) is 11.6 Å². The summed E-state index contributed by atoms with van der Waals surface area (Å²) >= 11 is 11.5. The summed E-state index contributed by atoms with van der Waals surface area (Å²) in [4.78, 5) is 30.9. The number of amidine groups is 1. The van der Waals surface area contributed by atoms with Gasteiger partial charge < -0.3 is 24.4 Å². The van der Waals surface area contributed by atoms with Crippen molar-refractivity contribution in [2.45, 2.75) is 19.9 Å². The normalized spacial score (nSPS) is 14.5. The Morgan fingerprint density at radius 1 is 1.17 bits per heavy atom. The third kappa shape index (κ3) is 6.95. The van der Waals surface area contributed by atoms with Gasteiger partial charge in [0, 0.05) is 23.7 Å². The molecule has 0 atom stereocenters. The number of hydrogen-bond donors (Lipinski definition) is 1. The zero-order valence-electron chi connectivity index (χ0n) is 16.4. The van der Waals surface area contributed by atoms with Crippen LogP contribution in [-0.4, -0.2) is 73.3 Å². The summed E-state index contributed by atoms with van der Waals surface area (Å²) in [6.45, 7) is 5.89. The summed E-state index contributed by atoms with van der Waals surface area (Å²) < 4.78 is 15.3. The predicted octanol–water partition coefficient (Wildman–Crippen LogP) is 1.79. The molecule has 0 spiro atoms. The van der Waals surface area contributed by atoms with Gasteiger partial charge in [-0.15, -0.1) is 0 Å². The molecule has 0 bridgehead atoms. The van der Waals surface area contributed by atoms with Gasteiger partial charge in [0.05, 0.1) is 26.4 Å². The summed E-state index contributed by atoms with van der Waals surface area (Å²) in [6.07, 6.45) is 0. The Hall–Kier alpha value is -2.23. The predicted molar refractivity (Wildman–Crippen MR) is 113 cm³/mol. The summed E-state index contributed by atoms with van der Waals surface area (Å²) in [5, 5.41) is 3.99. The highest BCUT2D eigenvalue weighted by atomic mass is 35.5. The van der Waals surface area contributed by atoms with Crippen molar-refractivity contribution in [2.75, 3.05) is 39.5 Å². The van der Waals surface area contributed by atoms with E-state index in [2.05, 4.69) is 10.3 Å². The van der Waals surface area contributed by atoms with Gasteiger partial charge in [0.15, 0.2) is 5.11 Å². The second-order valence-electron chi connectivity index (χ2n) is 5.92. The van der Waals surface area contributed by atoms with Gasteiger partial charge in [-0.3, -0.25) is 0 Å². The second kappa shape index (κ2) is 11.7. The van der Waals surface area contributed by atoms with Crippen LogP contribution in [0.25, 0.3) is 0 Å². The minimum absolute atomic E-state index is 0.111. The van der Waals surface area contributed by atoms with E-state index in [-0.39, 0.29) is 19.0 Å². The second-order valence-corrected chi connectivity index (χ2v) is 6.74. The van der Waals surface area contributed by atoms with Gasteiger partial charge in [-0.25, -0.2) is 14.6 Å². The quantitative estimate of drug-likeness (QED) is 0.235. The van der Waals surface area contributed by atoms with Crippen LogP contribution in [0.4, 0.5) is 0 Å². The van der Waals surface area contributed by atoms with Crippen LogP contribution in [-0.2, 0) is 23.8 Å². The summed E-state index contributed by atoms with van der Waals surface area (Å²) in [5.41, 5.74) is 0.601. The van der Waals surface area contributed by atoms with E-state index in [1.54, 1.807) is 38.1 Å². The van der Waals surface area contributed by atoms with Crippen LogP contribution in [0.1, 0.15) is 19.4 Å². The number of ether oxygens (including phenoxy) is 3. The van der Waals surface area contributed by atoms with Crippen LogP contribution < -0.4 is 5.32 Å². The van der Waals surface area contributed by atoms with Crippen LogP contribution in [0, 0.1) is 0 Å². The fourth-order valence-electron chi connectivity index (χ4n) is 2.51. The maximum absolute atomic E-state index is 12.3. The third-order valence-corrected chi connectivity index (χ3v) is 4.53. The first-order valence-corrected chi connectivity index (χ1v) is 10.1. The number of benzene rings is 1. The lowest BCUT2D eigenvalue weighted by Gasteiger charge is -2.29. The number of aliphatic imine (C=N–C) groups is 1. The zero-order chi connectivity index (χ0) is 21.2. The number of hydrogen-bond acceptors (Lipinski definition) is 7. The molecule has 1 aromatic carbocycles. The summed E-state index contributed by atoms with van der Waals surface area (Å²) in [7, 11) is 0. The number of morpholine rings is 1. The molecule has 1 aliphatic heterocycles. The Balaban J connectivity index is 2.36. The molecule has 1 heterocycles. The maximum Gasteiger partial charge on any atom is 0.342 e. The molecule has 2 rings (SSSR count). The van der Waals surface area contributed by atoms with Crippen molar-refractivity contribution < 1.29 is 23.8 Å². The number of nitrogens with zero attached hydrogens (tertiary/aromatic N) is 2. The summed E-state index contributed by atoms with van der Waals surface area (Å²) in [5.74, 6) is -1.35. The lowest BCUT2D eigenvalue weighted by Crippen LogP contribution is -2.48. The zero-order valence-corrected chi connectivity index (χ0v) is 17.9. The Labute approximate surface area is 180 Å². The average Bonchev–Trinajstić information content (AvgIpc) is 2.72. The van der Waals surface area contributed by atoms with Crippen molar-refractivity contribution in [3.63, 3.8) is 0 Å². The molecular weight excluding hydrogens is 418 g/mol. The monoisotopic (exact) mass is 441 g/mol. The van der Waals surface area contributed by atoms with Crippen molar-refractivity contribution in [2.24, 2.45) is 4.99 Å². The van der Waals surface area contributed by atoms with Crippen LogP contribution >= 0.6 is 23.8 Å². The largest absolute Gasteiger partial charge is 0.464 e. The molecule has 0 amide bonds. The van der Waals surface area contributed by atoms with Crippen LogP contribution in [0.2, 0.25) is 5.02 Å². The maximum atomic E-state index is 12.3. The number of rotatable bonds is 6. The first kappa shape index (κ1) is 23.1. The molecule has 29 heavy (non-hydrogen) atoms. The minimum atomic E-state index is -1.47. The van der Waals surface area contributed by atoms with Crippen molar-refractivity contribution in [1.29, 1.82) is 0 Å². The molecule has 1 aliphatic rings. The standard InChI is InChI=1S/C19H24ClN3O5S/c1-3-27-17(24)15(18(25)28-4-2)21-16(13-5-7-14(20)8-6-13)22-19(29)23-9-11-26-12-10-23/h5-8,15H,3-4,9-12H2,1-2H3,(H,21,22,29). The molecule has 1 N–H and O–H groups in total. The van der Waals surface area contributed by atoms with Crippen LogP contribution in [0.15, 0.2) is 29.3 Å².